The fraction of sp³-hybridized carbons (Fsp3) is 0.409. The van der Waals surface area contributed by atoms with Crippen LogP contribution in [0.1, 0.15) is 18.4 Å². The van der Waals surface area contributed by atoms with Crippen LogP contribution in [0.2, 0.25) is 0 Å². The van der Waals surface area contributed by atoms with Crippen LogP contribution >= 0.6 is 0 Å². The van der Waals surface area contributed by atoms with Gasteiger partial charge < -0.3 is 14.4 Å². The topological polar surface area (TPSA) is 76.2 Å². The lowest BCUT2D eigenvalue weighted by Gasteiger charge is -2.33. The fourth-order valence-electron chi connectivity index (χ4n) is 3.79. The van der Waals surface area contributed by atoms with Crippen LogP contribution in [0.3, 0.4) is 0 Å². The minimum Gasteiger partial charge on any atom is -0.493 e. The summed E-state index contributed by atoms with van der Waals surface area (Å²) < 4.78 is 75.0. The van der Waals surface area contributed by atoms with E-state index >= 15 is 0 Å². The van der Waals surface area contributed by atoms with Gasteiger partial charge in [0, 0.05) is 26.7 Å². The van der Waals surface area contributed by atoms with Crippen molar-refractivity contribution >= 4 is 15.9 Å². The number of nitrogens with zero attached hydrogens (tertiary/aromatic N) is 2. The van der Waals surface area contributed by atoms with Crippen LogP contribution < -0.4 is 9.47 Å². The number of alkyl halides is 2. The normalized spacial score (nSPS) is 17.1. The summed E-state index contributed by atoms with van der Waals surface area (Å²) in [5.74, 6) is -1.36. The smallest absolute Gasteiger partial charge is 0.387 e. The van der Waals surface area contributed by atoms with Crippen molar-refractivity contribution in [1.82, 2.24) is 9.21 Å². The first kappa shape index (κ1) is 24.8. The van der Waals surface area contributed by atoms with E-state index in [0.717, 1.165) is 12.1 Å². The molecule has 1 fully saturated rings. The van der Waals surface area contributed by atoms with E-state index in [1.807, 2.05) is 0 Å². The first-order valence-electron chi connectivity index (χ1n) is 10.2. The zero-order chi connectivity index (χ0) is 24.2. The summed E-state index contributed by atoms with van der Waals surface area (Å²) in [6.07, 6.45) is 1.01. The molecule has 0 N–H and O–H groups in total. The minimum absolute atomic E-state index is 0.00520. The molecule has 180 valence electrons. The second-order valence-corrected chi connectivity index (χ2v) is 9.65. The van der Waals surface area contributed by atoms with E-state index in [2.05, 4.69) is 4.74 Å². The maximum atomic E-state index is 13.2. The van der Waals surface area contributed by atoms with Gasteiger partial charge in [0.15, 0.2) is 11.5 Å². The quantitative estimate of drug-likeness (QED) is 0.571. The Kier molecular flexibility index (Phi) is 7.85. The van der Waals surface area contributed by atoms with Crippen molar-refractivity contribution in [3.63, 3.8) is 0 Å². The highest BCUT2D eigenvalue weighted by molar-refractivity contribution is 7.89. The van der Waals surface area contributed by atoms with E-state index in [-0.39, 0.29) is 41.9 Å². The molecule has 0 spiro atoms. The minimum atomic E-state index is -3.86. The Morgan fingerprint density at radius 1 is 1.18 bits per heavy atom. The SMILES string of the molecule is COc1ccc(CN(C)C(=O)C2CCCN(S(=O)(=O)c3ccc(F)cc3)C2)cc1OC(F)F. The second kappa shape index (κ2) is 10.4. The van der Waals surface area contributed by atoms with Crippen LogP contribution in [0.15, 0.2) is 47.4 Å². The van der Waals surface area contributed by atoms with Crippen LogP contribution in [0, 0.1) is 11.7 Å². The molecule has 1 unspecified atom stereocenters. The number of sulfonamides is 1. The van der Waals surface area contributed by atoms with Gasteiger partial charge in [-0.2, -0.15) is 13.1 Å². The summed E-state index contributed by atoms with van der Waals surface area (Å²) in [6.45, 7) is -2.64. The van der Waals surface area contributed by atoms with Crippen LogP contribution in [-0.2, 0) is 21.4 Å². The van der Waals surface area contributed by atoms with Gasteiger partial charge in [-0.1, -0.05) is 6.07 Å². The van der Waals surface area contributed by atoms with E-state index in [1.54, 1.807) is 13.1 Å². The van der Waals surface area contributed by atoms with Gasteiger partial charge in [-0.25, -0.2) is 12.8 Å². The average Bonchev–Trinajstić information content (AvgIpc) is 2.78. The zero-order valence-corrected chi connectivity index (χ0v) is 19.0. The predicted molar refractivity (Wildman–Crippen MR) is 114 cm³/mol. The predicted octanol–water partition coefficient (Wildman–Crippen LogP) is 3.50. The number of ether oxygens (including phenoxy) is 2. The van der Waals surface area contributed by atoms with Crippen LogP contribution in [0.4, 0.5) is 13.2 Å². The highest BCUT2D eigenvalue weighted by atomic mass is 32.2. The summed E-state index contributed by atoms with van der Waals surface area (Å²) in [5.41, 5.74) is 0.550. The first-order valence-corrected chi connectivity index (χ1v) is 11.7. The molecule has 1 atom stereocenters. The Morgan fingerprint density at radius 3 is 2.52 bits per heavy atom. The van der Waals surface area contributed by atoms with E-state index in [0.29, 0.717) is 18.4 Å². The molecule has 2 aromatic carbocycles. The number of benzene rings is 2. The third-order valence-electron chi connectivity index (χ3n) is 5.42. The van der Waals surface area contributed by atoms with Crippen molar-refractivity contribution in [2.24, 2.45) is 5.92 Å². The number of carbonyl (C=O) groups is 1. The Hall–Kier alpha value is -2.79. The Balaban J connectivity index is 1.70. The second-order valence-electron chi connectivity index (χ2n) is 7.71. The molecule has 0 aliphatic carbocycles. The standard InChI is InChI=1S/C22H25F3N2O5S/c1-26(13-15-5-10-19(31-2)20(12-15)32-22(24)25)21(28)16-4-3-11-27(14-16)33(29,30)18-8-6-17(23)7-9-18/h5-10,12,16,22H,3-4,11,13-14H2,1-2H3. The summed E-state index contributed by atoms with van der Waals surface area (Å²) in [4.78, 5) is 14.4. The number of rotatable bonds is 8. The Labute approximate surface area is 190 Å². The summed E-state index contributed by atoms with van der Waals surface area (Å²) in [5, 5.41) is 0. The number of carbonyl (C=O) groups excluding carboxylic acids is 1. The van der Waals surface area contributed by atoms with Gasteiger partial charge in [-0.3, -0.25) is 4.79 Å². The lowest BCUT2D eigenvalue weighted by atomic mass is 9.98. The number of methoxy groups -OCH3 is 1. The molecule has 0 bridgehead atoms. The molecular formula is C22H25F3N2O5S. The maximum Gasteiger partial charge on any atom is 0.387 e. The average molecular weight is 487 g/mol. The van der Waals surface area contributed by atoms with E-state index in [9.17, 15) is 26.4 Å². The summed E-state index contributed by atoms with van der Waals surface area (Å²) in [6, 6.07) is 9.04. The van der Waals surface area contributed by atoms with Crippen molar-refractivity contribution < 1.29 is 35.9 Å². The number of amides is 1. The van der Waals surface area contributed by atoms with Crippen molar-refractivity contribution in [3.8, 4) is 11.5 Å². The molecule has 0 saturated carbocycles. The number of halogens is 3. The highest BCUT2D eigenvalue weighted by Crippen LogP contribution is 2.30. The molecule has 1 amide bonds. The van der Waals surface area contributed by atoms with Gasteiger partial charge in [-0.15, -0.1) is 0 Å². The largest absolute Gasteiger partial charge is 0.493 e. The monoisotopic (exact) mass is 486 g/mol. The molecule has 1 aliphatic rings. The Morgan fingerprint density at radius 2 is 1.88 bits per heavy atom. The molecule has 1 saturated heterocycles. The van der Waals surface area contributed by atoms with Gasteiger partial charge >= 0.3 is 6.61 Å². The molecule has 1 heterocycles. The molecule has 0 aromatic heterocycles. The number of hydrogen-bond donors (Lipinski definition) is 0. The molecule has 3 rings (SSSR count). The van der Waals surface area contributed by atoms with Crippen molar-refractivity contribution in [1.29, 1.82) is 0 Å². The Bertz CT molecular complexity index is 1080. The van der Waals surface area contributed by atoms with Gasteiger partial charge in [0.25, 0.3) is 0 Å². The first-order chi connectivity index (χ1) is 15.6. The van der Waals surface area contributed by atoms with Crippen LogP contribution in [0.25, 0.3) is 0 Å². The van der Waals surface area contributed by atoms with E-state index in [1.165, 1.54) is 40.6 Å². The number of piperidine rings is 1. The number of hydrogen-bond acceptors (Lipinski definition) is 5. The maximum absolute atomic E-state index is 13.2. The van der Waals surface area contributed by atoms with Crippen molar-refractivity contribution in [2.75, 3.05) is 27.2 Å². The molecule has 7 nitrogen and oxygen atoms in total. The lowest BCUT2D eigenvalue weighted by molar-refractivity contribution is -0.135. The summed E-state index contributed by atoms with van der Waals surface area (Å²) >= 11 is 0. The third-order valence-corrected chi connectivity index (χ3v) is 7.30. The molecular weight excluding hydrogens is 461 g/mol. The van der Waals surface area contributed by atoms with Crippen LogP contribution in [0.5, 0.6) is 11.5 Å². The molecule has 1 aliphatic heterocycles. The van der Waals surface area contributed by atoms with E-state index < -0.39 is 28.4 Å². The van der Waals surface area contributed by atoms with Gasteiger partial charge in [-0.05, 0) is 54.8 Å². The van der Waals surface area contributed by atoms with Crippen molar-refractivity contribution in [3.05, 3.63) is 53.8 Å². The van der Waals surface area contributed by atoms with Crippen molar-refractivity contribution in [2.45, 2.75) is 30.9 Å². The van der Waals surface area contributed by atoms with Gasteiger partial charge in [0.05, 0.1) is 17.9 Å². The molecule has 33 heavy (non-hydrogen) atoms. The van der Waals surface area contributed by atoms with Crippen LogP contribution in [-0.4, -0.2) is 57.4 Å². The molecule has 11 heteroatoms. The van der Waals surface area contributed by atoms with E-state index in [4.69, 9.17) is 4.74 Å². The summed E-state index contributed by atoms with van der Waals surface area (Å²) in [7, 11) is -0.966. The highest BCUT2D eigenvalue weighted by Gasteiger charge is 2.34. The zero-order valence-electron chi connectivity index (χ0n) is 18.2. The van der Waals surface area contributed by atoms with Gasteiger partial charge in [0.1, 0.15) is 5.82 Å². The third kappa shape index (κ3) is 5.97. The molecule has 2 aromatic rings. The fourth-order valence-corrected chi connectivity index (χ4v) is 5.31. The lowest BCUT2D eigenvalue weighted by Crippen LogP contribution is -2.45. The molecule has 0 radical (unpaired) electrons. The van der Waals surface area contributed by atoms with Gasteiger partial charge in [0.2, 0.25) is 15.9 Å².